The van der Waals surface area contributed by atoms with Crippen molar-refractivity contribution in [3.8, 4) is 11.5 Å². The lowest BCUT2D eigenvalue weighted by molar-refractivity contribution is -0.274. The number of benzene rings is 1. The second kappa shape index (κ2) is 5.44. The molecule has 7 heteroatoms. The van der Waals surface area contributed by atoms with E-state index < -0.39 is 18.1 Å². The van der Waals surface area contributed by atoms with Crippen molar-refractivity contribution in [2.75, 3.05) is 7.11 Å². The summed E-state index contributed by atoms with van der Waals surface area (Å²) in [6.07, 6.45) is -2.89. The quantitative estimate of drug-likeness (QED) is 0.847. The van der Waals surface area contributed by atoms with Crippen molar-refractivity contribution >= 4 is 12.0 Å². The van der Waals surface area contributed by atoms with Crippen molar-refractivity contribution < 1.29 is 32.5 Å². The third kappa shape index (κ3) is 4.77. The van der Waals surface area contributed by atoms with Crippen LogP contribution in [0.2, 0.25) is 0 Å². The van der Waals surface area contributed by atoms with Crippen LogP contribution in [0.3, 0.4) is 0 Å². The van der Waals surface area contributed by atoms with E-state index in [-0.39, 0.29) is 11.3 Å². The molecule has 0 aromatic heterocycles. The second-order valence-electron chi connectivity index (χ2n) is 3.16. The summed E-state index contributed by atoms with van der Waals surface area (Å²) in [4.78, 5) is 10.3. The molecular weight excluding hydrogens is 253 g/mol. The summed E-state index contributed by atoms with van der Waals surface area (Å²) in [6.45, 7) is 0. The summed E-state index contributed by atoms with van der Waals surface area (Å²) in [5.74, 6) is -1.57. The molecule has 0 saturated heterocycles. The zero-order chi connectivity index (χ0) is 13.8. The summed E-state index contributed by atoms with van der Waals surface area (Å²) in [5.41, 5.74) is 0.219. The Kier molecular flexibility index (Phi) is 4.19. The fraction of sp³-hybridized carbons (Fsp3) is 0.182. The van der Waals surface area contributed by atoms with Crippen LogP contribution in [-0.2, 0) is 4.79 Å². The lowest BCUT2D eigenvalue weighted by Crippen LogP contribution is -2.17. The molecular formula is C11H9F3O4. The van der Waals surface area contributed by atoms with Gasteiger partial charge in [0.05, 0.1) is 7.11 Å². The largest absolute Gasteiger partial charge is 0.573 e. The number of halogens is 3. The summed E-state index contributed by atoms with van der Waals surface area (Å²) < 4.78 is 44.7. The molecule has 0 amide bonds. The maximum atomic E-state index is 12.0. The van der Waals surface area contributed by atoms with Gasteiger partial charge in [-0.3, -0.25) is 0 Å². The average molecular weight is 262 g/mol. The van der Waals surface area contributed by atoms with Crippen LogP contribution < -0.4 is 9.47 Å². The lowest BCUT2D eigenvalue weighted by Gasteiger charge is -2.11. The van der Waals surface area contributed by atoms with Crippen LogP contribution in [-0.4, -0.2) is 24.5 Å². The molecule has 0 atom stereocenters. The number of hydrogen-bond acceptors (Lipinski definition) is 3. The van der Waals surface area contributed by atoms with Crippen LogP contribution in [0.4, 0.5) is 13.2 Å². The normalized spacial score (nSPS) is 11.6. The smallest absolute Gasteiger partial charge is 0.497 e. The predicted octanol–water partition coefficient (Wildman–Crippen LogP) is 2.69. The number of methoxy groups -OCH3 is 1. The first-order valence-electron chi connectivity index (χ1n) is 4.66. The molecule has 0 heterocycles. The zero-order valence-electron chi connectivity index (χ0n) is 9.19. The van der Waals surface area contributed by atoms with Gasteiger partial charge < -0.3 is 14.6 Å². The molecule has 18 heavy (non-hydrogen) atoms. The first-order chi connectivity index (χ1) is 8.30. The summed E-state index contributed by atoms with van der Waals surface area (Å²) in [5, 5.41) is 8.43. The van der Waals surface area contributed by atoms with E-state index in [2.05, 4.69) is 4.74 Å². The van der Waals surface area contributed by atoms with Gasteiger partial charge in [-0.05, 0) is 23.8 Å². The molecule has 0 fully saturated rings. The Balaban J connectivity index is 3.05. The minimum atomic E-state index is -4.82. The number of carboxylic acid groups (broad SMARTS) is 1. The number of carbonyl (C=O) groups is 1. The molecule has 98 valence electrons. The summed E-state index contributed by atoms with van der Waals surface area (Å²) >= 11 is 0. The van der Waals surface area contributed by atoms with Gasteiger partial charge in [0.1, 0.15) is 11.5 Å². The van der Waals surface area contributed by atoms with Crippen molar-refractivity contribution in [3.63, 3.8) is 0 Å². The Morgan fingerprint density at radius 1 is 1.28 bits per heavy atom. The average Bonchev–Trinajstić information content (AvgIpc) is 2.23. The predicted molar refractivity (Wildman–Crippen MR) is 56.3 cm³/mol. The van der Waals surface area contributed by atoms with Gasteiger partial charge in [0, 0.05) is 12.1 Å². The SMILES string of the molecule is COc1cc(/C=C/C(=O)O)cc(OC(F)(F)F)c1. The van der Waals surface area contributed by atoms with Gasteiger partial charge in [0.25, 0.3) is 0 Å². The van der Waals surface area contributed by atoms with Crippen molar-refractivity contribution in [3.05, 3.63) is 29.8 Å². The van der Waals surface area contributed by atoms with Crippen LogP contribution in [0.1, 0.15) is 5.56 Å². The highest BCUT2D eigenvalue weighted by Gasteiger charge is 2.31. The fourth-order valence-corrected chi connectivity index (χ4v) is 1.17. The number of ether oxygens (including phenoxy) is 2. The van der Waals surface area contributed by atoms with Crippen LogP contribution in [0, 0.1) is 0 Å². The summed E-state index contributed by atoms with van der Waals surface area (Å²) in [7, 11) is 1.28. The van der Waals surface area contributed by atoms with E-state index in [4.69, 9.17) is 9.84 Å². The van der Waals surface area contributed by atoms with E-state index in [0.29, 0.717) is 0 Å². The third-order valence-corrected chi connectivity index (χ3v) is 1.79. The van der Waals surface area contributed by atoms with Gasteiger partial charge in [-0.1, -0.05) is 0 Å². The van der Waals surface area contributed by atoms with Gasteiger partial charge >= 0.3 is 12.3 Å². The first-order valence-corrected chi connectivity index (χ1v) is 4.66. The molecule has 0 radical (unpaired) electrons. The number of rotatable bonds is 4. The fourth-order valence-electron chi connectivity index (χ4n) is 1.17. The Bertz CT molecular complexity index is 466. The maximum absolute atomic E-state index is 12.0. The highest BCUT2D eigenvalue weighted by Crippen LogP contribution is 2.28. The van der Waals surface area contributed by atoms with Crippen molar-refractivity contribution in [2.24, 2.45) is 0 Å². The Hall–Kier alpha value is -2.18. The van der Waals surface area contributed by atoms with Crippen LogP contribution in [0.15, 0.2) is 24.3 Å². The minimum absolute atomic E-state index is 0.127. The first kappa shape index (κ1) is 13.9. The standard InChI is InChI=1S/C11H9F3O4/c1-17-8-4-7(2-3-10(15)16)5-9(6-8)18-11(12,13)14/h2-6H,1H3,(H,15,16)/b3-2+. The van der Waals surface area contributed by atoms with Crippen molar-refractivity contribution in [1.29, 1.82) is 0 Å². The van der Waals surface area contributed by atoms with E-state index in [1.165, 1.54) is 13.2 Å². The Labute approximate surface area is 100 Å². The monoisotopic (exact) mass is 262 g/mol. The molecule has 1 N–H and O–H groups in total. The van der Waals surface area contributed by atoms with Crippen molar-refractivity contribution in [1.82, 2.24) is 0 Å². The van der Waals surface area contributed by atoms with Crippen molar-refractivity contribution in [2.45, 2.75) is 6.36 Å². The molecule has 1 rings (SSSR count). The zero-order valence-corrected chi connectivity index (χ0v) is 9.19. The highest BCUT2D eigenvalue weighted by atomic mass is 19.4. The van der Waals surface area contributed by atoms with E-state index in [9.17, 15) is 18.0 Å². The van der Waals surface area contributed by atoms with Crippen LogP contribution in [0.25, 0.3) is 6.08 Å². The minimum Gasteiger partial charge on any atom is -0.497 e. The van der Waals surface area contributed by atoms with Crippen LogP contribution >= 0.6 is 0 Å². The molecule has 0 bridgehead atoms. The summed E-state index contributed by atoms with van der Waals surface area (Å²) in [6, 6.07) is 3.48. The lowest BCUT2D eigenvalue weighted by atomic mass is 10.2. The maximum Gasteiger partial charge on any atom is 0.573 e. The number of alkyl halides is 3. The third-order valence-electron chi connectivity index (χ3n) is 1.79. The number of hydrogen-bond donors (Lipinski definition) is 1. The van der Waals surface area contributed by atoms with Gasteiger partial charge in [-0.15, -0.1) is 13.2 Å². The molecule has 0 unspecified atom stereocenters. The molecule has 0 aliphatic carbocycles. The molecule has 1 aromatic carbocycles. The van der Waals surface area contributed by atoms with E-state index >= 15 is 0 Å². The number of aliphatic carboxylic acids is 1. The molecule has 0 saturated carbocycles. The van der Waals surface area contributed by atoms with Gasteiger partial charge in [0.15, 0.2) is 0 Å². The molecule has 0 aliphatic heterocycles. The van der Waals surface area contributed by atoms with E-state index in [0.717, 1.165) is 24.3 Å². The molecule has 4 nitrogen and oxygen atoms in total. The van der Waals surface area contributed by atoms with Gasteiger partial charge in [-0.2, -0.15) is 0 Å². The van der Waals surface area contributed by atoms with Gasteiger partial charge in [-0.25, -0.2) is 4.79 Å². The van der Waals surface area contributed by atoms with Crippen LogP contribution in [0.5, 0.6) is 11.5 Å². The Morgan fingerprint density at radius 3 is 2.39 bits per heavy atom. The van der Waals surface area contributed by atoms with E-state index in [1.54, 1.807) is 0 Å². The highest BCUT2D eigenvalue weighted by molar-refractivity contribution is 5.85. The number of carboxylic acids is 1. The molecule has 1 aromatic rings. The molecule has 0 aliphatic rings. The van der Waals surface area contributed by atoms with E-state index in [1.807, 2.05) is 0 Å². The topological polar surface area (TPSA) is 55.8 Å². The van der Waals surface area contributed by atoms with Gasteiger partial charge in [0.2, 0.25) is 0 Å². The second-order valence-corrected chi connectivity index (χ2v) is 3.16. The Morgan fingerprint density at radius 2 is 1.89 bits per heavy atom. The molecule has 0 spiro atoms.